The Bertz CT molecular complexity index is 625. The van der Waals surface area contributed by atoms with Crippen LogP contribution in [0.3, 0.4) is 0 Å². The van der Waals surface area contributed by atoms with Crippen LogP contribution in [-0.2, 0) is 22.5 Å². The van der Waals surface area contributed by atoms with Gasteiger partial charge in [0.25, 0.3) is 0 Å². The average Bonchev–Trinajstić information content (AvgIpc) is 3.06. The van der Waals surface area contributed by atoms with Crippen LogP contribution >= 0.6 is 11.3 Å². The molecule has 2 N–H and O–H groups in total. The van der Waals surface area contributed by atoms with Gasteiger partial charge in [-0.05, 0) is 0 Å². The van der Waals surface area contributed by atoms with E-state index in [1.165, 1.54) is 23.1 Å². The smallest absolute Gasteiger partial charge is 0.358 e. The predicted molar refractivity (Wildman–Crippen MR) is 73.3 cm³/mol. The third-order valence-electron chi connectivity index (χ3n) is 2.56. The first-order valence-corrected chi connectivity index (χ1v) is 6.83. The molecular weight excluding hydrogens is 298 g/mol. The zero-order chi connectivity index (χ0) is 15.2. The van der Waals surface area contributed by atoms with Crippen molar-refractivity contribution in [3.05, 3.63) is 23.0 Å². The number of carboxylic acid groups (broad SMARTS) is 1. The molecular formula is C11H13N5O4S. The maximum absolute atomic E-state index is 11.9. The molecule has 0 aromatic carbocycles. The minimum absolute atomic E-state index is 0.140. The number of anilines is 1. The van der Waals surface area contributed by atoms with E-state index in [1.807, 2.05) is 0 Å². The fourth-order valence-corrected chi connectivity index (χ4v) is 2.20. The van der Waals surface area contributed by atoms with Crippen molar-refractivity contribution in [1.82, 2.24) is 20.0 Å². The number of thiazole rings is 1. The lowest BCUT2D eigenvalue weighted by Crippen LogP contribution is -2.21. The number of aromatic nitrogens is 4. The van der Waals surface area contributed by atoms with E-state index in [-0.39, 0.29) is 18.1 Å². The number of hydrogen-bond acceptors (Lipinski definition) is 7. The molecule has 0 aliphatic carbocycles. The standard InChI is InChI=1S/C11H13N5O4S/c1-20-4-2-7-9(10(18)19)14-15-16(7)6-8(17)13-11-12-3-5-21-11/h3,5H,2,4,6H2,1H3,(H,18,19)(H,12,13,17). The second-order valence-electron chi connectivity index (χ2n) is 3.98. The van der Waals surface area contributed by atoms with Crippen molar-refractivity contribution in [3.63, 3.8) is 0 Å². The fourth-order valence-electron chi connectivity index (χ4n) is 1.65. The summed E-state index contributed by atoms with van der Waals surface area (Å²) in [5.41, 5.74) is 0.174. The molecule has 2 aromatic rings. The fraction of sp³-hybridized carbons (Fsp3) is 0.364. The number of nitrogens with zero attached hydrogens (tertiary/aromatic N) is 4. The van der Waals surface area contributed by atoms with E-state index < -0.39 is 5.97 Å². The van der Waals surface area contributed by atoms with Crippen LogP contribution in [-0.4, -0.2) is 50.7 Å². The molecule has 2 aromatic heterocycles. The van der Waals surface area contributed by atoms with Gasteiger partial charge < -0.3 is 15.2 Å². The van der Waals surface area contributed by atoms with Crippen LogP contribution in [0.25, 0.3) is 0 Å². The molecule has 2 rings (SSSR count). The Balaban J connectivity index is 2.11. The molecule has 0 atom stereocenters. The van der Waals surface area contributed by atoms with Crippen LogP contribution in [0.5, 0.6) is 0 Å². The molecule has 0 saturated carbocycles. The maximum Gasteiger partial charge on any atom is 0.358 e. The van der Waals surface area contributed by atoms with Crippen LogP contribution in [0.1, 0.15) is 16.2 Å². The van der Waals surface area contributed by atoms with Gasteiger partial charge in [-0.25, -0.2) is 14.5 Å². The summed E-state index contributed by atoms with van der Waals surface area (Å²) in [6, 6.07) is 0. The summed E-state index contributed by atoms with van der Waals surface area (Å²) in [5.74, 6) is -1.54. The molecule has 0 aliphatic heterocycles. The van der Waals surface area contributed by atoms with Crippen LogP contribution < -0.4 is 5.32 Å². The number of methoxy groups -OCH3 is 1. The van der Waals surface area contributed by atoms with Gasteiger partial charge in [-0.1, -0.05) is 5.21 Å². The van der Waals surface area contributed by atoms with Gasteiger partial charge in [0.05, 0.1) is 12.3 Å². The quantitative estimate of drug-likeness (QED) is 0.752. The van der Waals surface area contributed by atoms with Crippen molar-refractivity contribution in [2.75, 3.05) is 19.0 Å². The molecule has 0 radical (unpaired) electrons. The number of hydrogen-bond donors (Lipinski definition) is 2. The lowest BCUT2D eigenvalue weighted by molar-refractivity contribution is -0.117. The molecule has 0 unspecified atom stereocenters. The monoisotopic (exact) mass is 311 g/mol. The Morgan fingerprint density at radius 3 is 2.95 bits per heavy atom. The normalized spacial score (nSPS) is 10.5. The van der Waals surface area contributed by atoms with Crippen molar-refractivity contribution in [2.24, 2.45) is 0 Å². The number of nitrogens with one attached hydrogen (secondary N) is 1. The first kappa shape index (κ1) is 15.1. The van der Waals surface area contributed by atoms with E-state index in [2.05, 4.69) is 20.6 Å². The molecule has 2 heterocycles. The number of carbonyl (C=O) groups excluding carboxylic acids is 1. The highest BCUT2D eigenvalue weighted by molar-refractivity contribution is 7.13. The van der Waals surface area contributed by atoms with Crippen LogP contribution in [0.15, 0.2) is 11.6 Å². The first-order chi connectivity index (χ1) is 10.1. The molecule has 1 amide bonds. The van der Waals surface area contributed by atoms with Crippen molar-refractivity contribution in [1.29, 1.82) is 0 Å². The van der Waals surface area contributed by atoms with E-state index in [1.54, 1.807) is 11.6 Å². The van der Waals surface area contributed by atoms with Crippen LogP contribution in [0.4, 0.5) is 5.13 Å². The van der Waals surface area contributed by atoms with Crippen LogP contribution in [0, 0.1) is 0 Å². The van der Waals surface area contributed by atoms with E-state index in [9.17, 15) is 9.59 Å². The van der Waals surface area contributed by atoms with Crippen molar-refractivity contribution >= 4 is 28.3 Å². The molecule has 0 bridgehead atoms. The second kappa shape index (κ2) is 6.90. The Morgan fingerprint density at radius 1 is 1.52 bits per heavy atom. The Morgan fingerprint density at radius 2 is 2.33 bits per heavy atom. The molecule has 112 valence electrons. The summed E-state index contributed by atoms with van der Waals surface area (Å²) < 4.78 is 6.18. The molecule has 9 nitrogen and oxygen atoms in total. The lowest BCUT2D eigenvalue weighted by atomic mass is 10.2. The van der Waals surface area contributed by atoms with E-state index in [4.69, 9.17) is 9.84 Å². The number of amides is 1. The molecule has 10 heteroatoms. The Hall–Kier alpha value is -2.33. The number of carboxylic acids is 1. The van der Waals surface area contributed by atoms with Gasteiger partial charge in [0.15, 0.2) is 10.8 Å². The van der Waals surface area contributed by atoms with Gasteiger partial charge in [-0.2, -0.15) is 0 Å². The number of aromatic carboxylic acids is 1. The third kappa shape index (κ3) is 3.83. The summed E-state index contributed by atoms with van der Waals surface area (Å²) in [6.45, 7) is 0.167. The molecule has 0 aliphatic rings. The predicted octanol–water partition coefficient (Wildman–Crippen LogP) is 0.260. The average molecular weight is 311 g/mol. The summed E-state index contributed by atoms with van der Waals surface area (Å²) in [6.07, 6.45) is 1.87. The van der Waals surface area contributed by atoms with Gasteiger partial charge in [-0.3, -0.25) is 4.79 Å². The Kier molecular flexibility index (Phi) is 4.95. The zero-order valence-electron chi connectivity index (χ0n) is 11.1. The second-order valence-corrected chi connectivity index (χ2v) is 4.87. The molecule has 0 fully saturated rings. The maximum atomic E-state index is 11.9. The van der Waals surface area contributed by atoms with E-state index >= 15 is 0 Å². The zero-order valence-corrected chi connectivity index (χ0v) is 12.0. The SMILES string of the molecule is COCCc1c(C(=O)O)nnn1CC(=O)Nc1nccs1. The van der Waals surface area contributed by atoms with Crippen LogP contribution in [0.2, 0.25) is 0 Å². The highest BCUT2D eigenvalue weighted by Crippen LogP contribution is 2.11. The summed E-state index contributed by atoms with van der Waals surface area (Å²) >= 11 is 1.29. The number of ether oxygens (including phenoxy) is 1. The summed E-state index contributed by atoms with van der Waals surface area (Å²) in [4.78, 5) is 26.9. The highest BCUT2D eigenvalue weighted by atomic mass is 32.1. The first-order valence-electron chi connectivity index (χ1n) is 5.95. The van der Waals surface area contributed by atoms with Gasteiger partial charge in [-0.15, -0.1) is 16.4 Å². The molecule has 21 heavy (non-hydrogen) atoms. The highest BCUT2D eigenvalue weighted by Gasteiger charge is 2.20. The van der Waals surface area contributed by atoms with Crippen molar-refractivity contribution in [3.8, 4) is 0 Å². The molecule has 0 saturated heterocycles. The van der Waals surface area contributed by atoms with Crippen molar-refractivity contribution < 1.29 is 19.4 Å². The Labute approximate surface area is 123 Å². The minimum atomic E-state index is -1.19. The van der Waals surface area contributed by atoms with Gasteiger partial charge in [0, 0.05) is 25.1 Å². The van der Waals surface area contributed by atoms with Gasteiger partial charge in [0.2, 0.25) is 5.91 Å². The minimum Gasteiger partial charge on any atom is -0.476 e. The summed E-state index contributed by atoms with van der Waals surface area (Å²) in [7, 11) is 1.50. The lowest BCUT2D eigenvalue weighted by Gasteiger charge is -2.06. The topological polar surface area (TPSA) is 119 Å². The summed E-state index contributed by atoms with van der Waals surface area (Å²) in [5, 5.41) is 21.1. The van der Waals surface area contributed by atoms with E-state index in [0.29, 0.717) is 23.9 Å². The number of rotatable bonds is 7. The largest absolute Gasteiger partial charge is 0.476 e. The van der Waals surface area contributed by atoms with Gasteiger partial charge >= 0.3 is 5.97 Å². The van der Waals surface area contributed by atoms with Gasteiger partial charge in [0.1, 0.15) is 6.54 Å². The van der Waals surface area contributed by atoms with Crippen molar-refractivity contribution in [2.45, 2.75) is 13.0 Å². The number of carbonyl (C=O) groups is 2. The molecule has 0 spiro atoms. The van der Waals surface area contributed by atoms with E-state index in [0.717, 1.165) is 0 Å². The third-order valence-corrected chi connectivity index (χ3v) is 3.24.